The molecule has 0 aromatic heterocycles. The Morgan fingerprint density at radius 2 is 2.22 bits per heavy atom. The molecule has 1 N–H and O–H groups in total. The third kappa shape index (κ3) is 7.07. The van der Waals surface area contributed by atoms with Crippen LogP contribution in [0.15, 0.2) is 0 Å². The molecule has 0 saturated heterocycles. The minimum absolute atomic E-state index is 0.0356. The highest BCUT2D eigenvalue weighted by Gasteiger charge is 1.93. The van der Waals surface area contributed by atoms with Crippen molar-refractivity contribution in [3.8, 4) is 0 Å². The van der Waals surface area contributed by atoms with E-state index in [1.54, 1.807) is 0 Å². The van der Waals surface area contributed by atoms with Crippen molar-refractivity contribution >= 4 is 6.21 Å². The number of hydrogen-bond acceptors (Lipinski definition) is 3. The van der Waals surface area contributed by atoms with Crippen molar-refractivity contribution in [1.29, 1.82) is 5.41 Å². The summed E-state index contributed by atoms with van der Waals surface area (Å²) in [6.07, 6.45) is 3.28. The van der Waals surface area contributed by atoms with Gasteiger partial charge in [-0.05, 0) is 19.1 Å². The minimum atomic E-state index is -0.329. The van der Waals surface area contributed by atoms with Gasteiger partial charge in [-0.15, -0.1) is 0 Å². The van der Waals surface area contributed by atoms with Crippen LogP contribution in [-0.4, -0.2) is 17.7 Å². The zero-order valence-electron chi connectivity index (χ0n) is 5.17. The first-order valence-electron chi connectivity index (χ1n) is 2.88. The van der Waals surface area contributed by atoms with E-state index in [-0.39, 0.29) is 11.5 Å². The maximum Gasteiger partial charge on any atom is 0.203 e. The molecule has 4 heteroatoms. The first-order chi connectivity index (χ1) is 4.27. The highest BCUT2D eigenvalue weighted by Crippen LogP contribution is 1.91. The zero-order chi connectivity index (χ0) is 7.11. The molecule has 0 spiro atoms. The van der Waals surface area contributed by atoms with Gasteiger partial charge < -0.3 is 5.41 Å². The summed E-state index contributed by atoms with van der Waals surface area (Å²) in [5, 5.41) is 16.3. The minimum Gasteiger partial charge on any atom is -0.313 e. The van der Waals surface area contributed by atoms with Gasteiger partial charge in [-0.25, -0.2) is 0 Å². The molecule has 0 heterocycles. The monoisotopic (exact) mass is 130 g/mol. The summed E-state index contributed by atoms with van der Waals surface area (Å²) in [5.41, 5.74) is 0. The molecule has 0 rings (SSSR count). The molecule has 0 saturated carbocycles. The highest BCUT2D eigenvalue weighted by molar-refractivity contribution is 5.52. The SMILES string of the molecule is N=CCCCC[N+](=O)[O-]. The summed E-state index contributed by atoms with van der Waals surface area (Å²) >= 11 is 0. The summed E-state index contributed by atoms with van der Waals surface area (Å²) in [6, 6.07) is 0. The van der Waals surface area contributed by atoms with Crippen LogP contribution in [0, 0.1) is 15.5 Å². The van der Waals surface area contributed by atoms with Gasteiger partial charge in [0.2, 0.25) is 6.54 Å². The second kappa shape index (κ2) is 5.21. The van der Waals surface area contributed by atoms with E-state index >= 15 is 0 Å². The smallest absolute Gasteiger partial charge is 0.203 e. The summed E-state index contributed by atoms with van der Waals surface area (Å²) in [4.78, 5) is 9.38. The lowest BCUT2D eigenvalue weighted by Crippen LogP contribution is -1.99. The lowest BCUT2D eigenvalue weighted by molar-refractivity contribution is -0.480. The van der Waals surface area contributed by atoms with Gasteiger partial charge >= 0.3 is 0 Å². The molecule has 0 unspecified atom stereocenters. The fourth-order valence-corrected chi connectivity index (χ4v) is 0.487. The Morgan fingerprint density at radius 3 is 2.67 bits per heavy atom. The van der Waals surface area contributed by atoms with E-state index in [4.69, 9.17) is 5.41 Å². The Balaban J connectivity index is 2.91. The van der Waals surface area contributed by atoms with Gasteiger partial charge in [-0.2, -0.15) is 0 Å². The number of nitrogens with zero attached hydrogens (tertiary/aromatic N) is 1. The maximum atomic E-state index is 9.71. The third-order valence-corrected chi connectivity index (χ3v) is 0.939. The van der Waals surface area contributed by atoms with Crippen LogP contribution >= 0.6 is 0 Å². The van der Waals surface area contributed by atoms with Crippen molar-refractivity contribution in [2.45, 2.75) is 19.3 Å². The Hall–Kier alpha value is -0.930. The summed E-state index contributed by atoms with van der Waals surface area (Å²) in [5.74, 6) is 0. The van der Waals surface area contributed by atoms with Crippen molar-refractivity contribution in [3.05, 3.63) is 10.1 Å². The molecule has 0 aliphatic rings. The van der Waals surface area contributed by atoms with E-state index in [2.05, 4.69) is 0 Å². The maximum absolute atomic E-state index is 9.71. The normalized spacial score (nSPS) is 8.89. The van der Waals surface area contributed by atoms with E-state index in [1.807, 2.05) is 0 Å². The molecule has 0 aromatic rings. The number of unbranched alkanes of at least 4 members (excludes halogenated alkanes) is 2. The van der Waals surface area contributed by atoms with Gasteiger partial charge in [0.1, 0.15) is 0 Å². The average molecular weight is 130 g/mol. The van der Waals surface area contributed by atoms with Crippen LogP contribution in [0.5, 0.6) is 0 Å². The van der Waals surface area contributed by atoms with E-state index in [1.165, 1.54) is 6.21 Å². The molecular formula is C5H10N2O2. The largest absolute Gasteiger partial charge is 0.313 e. The number of rotatable bonds is 5. The van der Waals surface area contributed by atoms with Crippen molar-refractivity contribution in [3.63, 3.8) is 0 Å². The molecule has 9 heavy (non-hydrogen) atoms. The van der Waals surface area contributed by atoms with E-state index in [0.29, 0.717) is 12.8 Å². The van der Waals surface area contributed by atoms with E-state index < -0.39 is 0 Å². The van der Waals surface area contributed by atoms with Gasteiger partial charge in [-0.1, -0.05) is 0 Å². The Morgan fingerprint density at radius 1 is 1.56 bits per heavy atom. The molecule has 0 aliphatic carbocycles. The molecule has 0 bridgehead atoms. The van der Waals surface area contributed by atoms with Crippen LogP contribution in [0.1, 0.15) is 19.3 Å². The Labute approximate surface area is 53.5 Å². The van der Waals surface area contributed by atoms with Crippen molar-refractivity contribution in [1.82, 2.24) is 0 Å². The van der Waals surface area contributed by atoms with E-state index in [0.717, 1.165) is 6.42 Å². The van der Waals surface area contributed by atoms with Crippen molar-refractivity contribution in [2.75, 3.05) is 6.54 Å². The summed E-state index contributed by atoms with van der Waals surface area (Å²) in [6.45, 7) is 0.0356. The van der Waals surface area contributed by atoms with Gasteiger partial charge in [-0.3, -0.25) is 10.1 Å². The number of hydrogen-bond donors (Lipinski definition) is 1. The Kier molecular flexibility index (Phi) is 4.67. The van der Waals surface area contributed by atoms with Crippen LogP contribution in [0.4, 0.5) is 0 Å². The van der Waals surface area contributed by atoms with Gasteiger partial charge in [0.15, 0.2) is 0 Å². The Bertz CT molecular complexity index is 103. The topological polar surface area (TPSA) is 67.0 Å². The van der Waals surface area contributed by atoms with Crippen molar-refractivity contribution < 1.29 is 4.92 Å². The molecule has 52 valence electrons. The first-order valence-corrected chi connectivity index (χ1v) is 2.88. The molecule has 4 nitrogen and oxygen atoms in total. The molecule has 0 radical (unpaired) electrons. The van der Waals surface area contributed by atoms with E-state index in [9.17, 15) is 10.1 Å². The molecule has 0 aliphatic heterocycles. The van der Waals surface area contributed by atoms with Gasteiger partial charge in [0, 0.05) is 11.3 Å². The fourth-order valence-electron chi connectivity index (χ4n) is 0.487. The lowest BCUT2D eigenvalue weighted by atomic mass is 10.2. The summed E-state index contributed by atoms with van der Waals surface area (Å²) in [7, 11) is 0. The van der Waals surface area contributed by atoms with Gasteiger partial charge in [0.25, 0.3) is 0 Å². The van der Waals surface area contributed by atoms with Crippen LogP contribution in [-0.2, 0) is 0 Å². The molecule has 0 fully saturated rings. The number of nitrogens with one attached hydrogen (secondary N) is 1. The lowest BCUT2D eigenvalue weighted by Gasteiger charge is -1.89. The molecule has 0 atom stereocenters. The van der Waals surface area contributed by atoms with Crippen LogP contribution in [0.3, 0.4) is 0 Å². The standard InChI is InChI=1S/C5H10N2O2/c6-4-2-1-3-5-7(8)9/h4,6H,1-3,5H2. The predicted molar refractivity (Wildman–Crippen MR) is 34.5 cm³/mol. The van der Waals surface area contributed by atoms with Crippen molar-refractivity contribution in [2.24, 2.45) is 0 Å². The van der Waals surface area contributed by atoms with Crippen LogP contribution in [0.2, 0.25) is 0 Å². The molecule has 0 aromatic carbocycles. The average Bonchev–Trinajstić information content (AvgIpc) is 1.80. The summed E-state index contributed by atoms with van der Waals surface area (Å²) < 4.78 is 0. The zero-order valence-corrected chi connectivity index (χ0v) is 5.17. The quantitative estimate of drug-likeness (QED) is 0.262. The molecule has 0 amide bonds. The highest BCUT2D eigenvalue weighted by atomic mass is 16.6. The second-order valence-corrected chi connectivity index (χ2v) is 1.76. The second-order valence-electron chi connectivity index (χ2n) is 1.76. The first kappa shape index (κ1) is 8.07. The number of nitro groups is 1. The van der Waals surface area contributed by atoms with Gasteiger partial charge in [0.05, 0.1) is 0 Å². The molecular weight excluding hydrogens is 120 g/mol. The predicted octanol–water partition coefficient (Wildman–Crippen LogP) is 1.08. The van der Waals surface area contributed by atoms with Crippen LogP contribution < -0.4 is 0 Å². The fraction of sp³-hybridized carbons (Fsp3) is 0.800. The third-order valence-electron chi connectivity index (χ3n) is 0.939. The van der Waals surface area contributed by atoms with Crippen LogP contribution in [0.25, 0.3) is 0 Å².